The summed E-state index contributed by atoms with van der Waals surface area (Å²) in [6.45, 7) is 5.56. The molecule has 0 radical (unpaired) electrons. The first-order valence-corrected chi connectivity index (χ1v) is 5.27. The van der Waals surface area contributed by atoms with E-state index in [1.54, 1.807) is 6.92 Å². The monoisotopic (exact) mass is 203 g/mol. The summed E-state index contributed by atoms with van der Waals surface area (Å²) < 4.78 is 5.31. The Hall–Kier alpha value is -0.160. The first kappa shape index (κ1) is 11.9. The van der Waals surface area contributed by atoms with Crippen LogP contribution in [0, 0.1) is 0 Å². The van der Waals surface area contributed by atoms with Gasteiger partial charge in [0.25, 0.3) is 0 Å². The van der Waals surface area contributed by atoms with E-state index in [0.717, 1.165) is 6.54 Å². The average molecular weight is 203 g/mol. The zero-order valence-electron chi connectivity index (χ0n) is 8.99. The van der Waals surface area contributed by atoms with Crippen LogP contribution in [0.5, 0.6) is 0 Å². The van der Waals surface area contributed by atoms with Crippen molar-refractivity contribution in [2.45, 2.75) is 44.5 Å². The van der Waals surface area contributed by atoms with Crippen molar-refractivity contribution in [2.75, 3.05) is 19.7 Å². The third kappa shape index (κ3) is 3.20. The SMILES string of the molecule is CC(O)CCNCC1(O)CCOC1C. The molecule has 0 aromatic rings. The lowest BCUT2D eigenvalue weighted by atomic mass is 9.97. The van der Waals surface area contributed by atoms with E-state index < -0.39 is 5.60 Å². The maximum atomic E-state index is 10.1. The minimum Gasteiger partial charge on any atom is -0.393 e. The predicted octanol–water partition coefficient (Wildman–Crippen LogP) is -0.113. The van der Waals surface area contributed by atoms with Crippen molar-refractivity contribution >= 4 is 0 Å². The van der Waals surface area contributed by atoms with Gasteiger partial charge >= 0.3 is 0 Å². The maximum Gasteiger partial charge on any atom is 0.105 e. The van der Waals surface area contributed by atoms with Crippen LogP contribution in [0.15, 0.2) is 0 Å². The summed E-state index contributed by atoms with van der Waals surface area (Å²) in [6.07, 6.45) is 1.03. The molecule has 0 aromatic carbocycles. The summed E-state index contributed by atoms with van der Waals surface area (Å²) >= 11 is 0. The van der Waals surface area contributed by atoms with Crippen LogP contribution >= 0.6 is 0 Å². The first-order valence-electron chi connectivity index (χ1n) is 5.27. The zero-order chi connectivity index (χ0) is 10.6. The molecule has 4 heteroatoms. The van der Waals surface area contributed by atoms with Crippen molar-refractivity contribution in [1.29, 1.82) is 0 Å². The molecule has 0 amide bonds. The Kier molecular flexibility index (Phi) is 4.31. The summed E-state index contributed by atoms with van der Waals surface area (Å²) in [7, 11) is 0. The Morgan fingerprint density at radius 1 is 1.64 bits per heavy atom. The first-order chi connectivity index (χ1) is 6.54. The van der Waals surface area contributed by atoms with Crippen LogP contribution in [0.2, 0.25) is 0 Å². The van der Waals surface area contributed by atoms with E-state index in [0.29, 0.717) is 26.0 Å². The Morgan fingerprint density at radius 2 is 2.36 bits per heavy atom. The fraction of sp³-hybridized carbons (Fsp3) is 1.00. The summed E-state index contributed by atoms with van der Waals surface area (Å²) in [4.78, 5) is 0. The molecule has 1 aliphatic heterocycles. The maximum absolute atomic E-state index is 10.1. The standard InChI is InChI=1S/C10H21NO3/c1-8(12)3-5-11-7-10(13)4-6-14-9(10)2/h8-9,11-13H,3-7H2,1-2H3. The molecule has 0 aliphatic carbocycles. The highest BCUT2D eigenvalue weighted by Gasteiger charge is 2.38. The Morgan fingerprint density at radius 3 is 2.86 bits per heavy atom. The number of nitrogens with one attached hydrogen (secondary N) is 1. The normalized spacial score (nSPS) is 34.7. The summed E-state index contributed by atoms with van der Waals surface area (Å²) in [5.74, 6) is 0. The van der Waals surface area contributed by atoms with Crippen molar-refractivity contribution in [3.8, 4) is 0 Å². The number of aliphatic hydroxyl groups excluding tert-OH is 1. The fourth-order valence-corrected chi connectivity index (χ4v) is 1.62. The van der Waals surface area contributed by atoms with Gasteiger partial charge in [-0.15, -0.1) is 0 Å². The van der Waals surface area contributed by atoms with E-state index in [-0.39, 0.29) is 12.2 Å². The van der Waals surface area contributed by atoms with Gasteiger partial charge in [0.2, 0.25) is 0 Å². The molecule has 0 bridgehead atoms. The molecule has 3 atom stereocenters. The quantitative estimate of drug-likeness (QED) is 0.545. The molecular formula is C10H21NO3. The van der Waals surface area contributed by atoms with Crippen LogP contribution in [-0.2, 0) is 4.74 Å². The van der Waals surface area contributed by atoms with Crippen LogP contribution < -0.4 is 5.32 Å². The number of ether oxygens (including phenoxy) is 1. The van der Waals surface area contributed by atoms with Gasteiger partial charge in [0.15, 0.2) is 0 Å². The van der Waals surface area contributed by atoms with Gasteiger partial charge in [0, 0.05) is 19.6 Å². The van der Waals surface area contributed by atoms with Gasteiger partial charge < -0.3 is 20.3 Å². The average Bonchev–Trinajstić information content (AvgIpc) is 2.42. The number of aliphatic hydroxyl groups is 2. The molecule has 14 heavy (non-hydrogen) atoms. The van der Waals surface area contributed by atoms with Crippen molar-refractivity contribution < 1.29 is 14.9 Å². The van der Waals surface area contributed by atoms with Crippen LogP contribution in [-0.4, -0.2) is 47.7 Å². The lowest BCUT2D eigenvalue weighted by molar-refractivity contribution is -0.0263. The lowest BCUT2D eigenvalue weighted by Crippen LogP contribution is -2.46. The second-order valence-corrected chi connectivity index (χ2v) is 4.18. The van der Waals surface area contributed by atoms with Gasteiger partial charge in [0.1, 0.15) is 5.60 Å². The van der Waals surface area contributed by atoms with Gasteiger partial charge in [-0.3, -0.25) is 0 Å². The molecule has 1 aliphatic rings. The second kappa shape index (κ2) is 5.07. The van der Waals surface area contributed by atoms with Crippen molar-refractivity contribution in [2.24, 2.45) is 0 Å². The Bertz CT molecular complexity index is 175. The lowest BCUT2D eigenvalue weighted by Gasteiger charge is -2.26. The van der Waals surface area contributed by atoms with E-state index in [1.165, 1.54) is 0 Å². The van der Waals surface area contributed by atoms with Crippen LogP contribution in [0.3, 0.4) is 0 Å². The number of hydrogen-bond acceptors (Lipinski definition) is 4. The van der Waals surface area contributed by atoms with Crippen molar-refractivity contribution in [3.63, 3.8) is 0 Å². The molecule has 1 fully saturated rings. The third-order valence-corrected chi connectivity index (χ3v) is 2.83. The van der Waals surface area contributed by atoms with E-state index in [2.05, 4.69) is 5.32 Å². The summed E-state index contributed by atoms with van der Waals surface area (Å²) in [5.41, 5.74) is -0.724. The molecule has 4 nitrogen and oxygen atoms in total. The third-order valence-electron chi connectivity index (χ3n) is 2.83. The predicted molar refractivity (Wildman–Crippen MR) is 54.1 cm³/mol. The Labute approximate surface area is 85.3 Å². The van der Waals surface area contributed by atoms with Crippen molar-refractivity contribution in [3.05, 3.63) is 0 Å². The van der Waals surface area contributed by atoms with E-state index in [1.807, 2.05) is 6.92 Å². The van der Waals surface area contributed by atoms with Crippen LogP contribution in [0.25, 0.3) is 0 Å². The highest BCUT2D eigenvalue weighted by molar-refractivity contribution is 4.91. The summed E-state index contributed by atoms with van der Waals surface area (Å²) in [6, 6.07) is 0. The molecule has 3 unspecified atom stereocenters. The molecule has 1 heterocycles. The molecule has 0 aromatic heterocycles. The van der Waals surface area contributed by atoms with Crippen LogP contribution in [0.4, 0.5) is 0 Å². The number of rotatable bonds is 5. The highest BCUT2D eigenvalue weighted by atomic mass is 16.5. The van der Waals surface area contributed by atoms with Crippen molar-refractivity contribution in [1.82, 2.24) is 5.32 Å². The fourth-order valence-electron chi connectivity index (χ4n) is 1.62. The molecule has 1 rings (SSSR count). The molecule has 0 spiro atoms. The zero-order valence-corrected chi connectivity index (χ0v) is 8.99. The van der Waals surface area contributed by atoms with E-state index >= 15 is 0 Å². The second-order valence-electron chi connectivity index (χ2n) is 4.18. The topological polar surface area (TPSA) is 61.7 Å². The van der Waals surface area contributed by atoms with Gasteiger partial charge in [-0.1, -0.05) is 0 Å². The van der Waals surface area contributed by atoms with E-state index in [9.17, 15) is 5.11 Å². The minimum atomic E-state index is -0.724. The number of hydrogen-bond donors (Lipinski definition) is 3. The van der Waals surface area contributed by atoms with Gasteiger partial charge in [0.05, 0.1) is 12.2 Å². The molecule has 1 saturated heterocycles. The minimum absolute atomic E-state index is 0.0958. The van der Waals surface area contributed by atoms with Gasteiger partial charge in [-0.25, -0.2) is 0 Å². The largest absolute Gasteiger partial charge is 0.393 e. The smallest absolute Gasteiger partial charge is 0.105 e. The van der Waals surface area contributed by atoms with Crippen LogP contribution in [0.1, 0.15) is 26.7 Å². The van der Waals surface area contributed by atoms with Gasteiger partial charge in [-0.2, -0.15) is 0 Å². The van der Waals surface area contributed by atoms with E-state index in [4.69, 9.17) is 9.84 Å². The molecule has 3 N–H and O–H groups in total. The molecule has 0 saturated carbocycles. The summed E-state index contributed by atoms with van der Waals surface area (Å²) in [5, 5.41) is 22.2. The Balaban J connectivity index is 2.17. The molecular weight excluding hydrogens is 182 g/mol. The van der Waals surface area contributed by atoms with Gasteiger partial charge in [-0.05, 0) is 26.8 Å². The molecule has 84 valence electrons. The highest BCUT2D eigenvalue weighted by Crippen LogP contribution is 2.24.